The summed E-state index contributed by atoms with van der Waals surface area (Å²) in [4.78, 5) is 0. The van der Waals surface area contributed by atoms with Crippen molar-refractivity contribution in [3.63, 3.8) is 0 Å². The first-order valence-corrected chi connectivity index (χ1v) is 7.62. The van der Waals surface area contributed by atoms with E-state index in [1.807, 2.05) is 50.2 Å². The maximum absolute atomic E-state index is 9.82. The molecule has 0 aliphatic carbocycles. The lowest BCUT2D eigenvalue weighted by Crippen LogP contribution is -2.30. The Bertz CT molecular complexity index is 548. The third kappa shape index (κ3) is 4.23. The molecule has 0 saturated carbocycles. The second-order valence-electron chi connectivity index (χ2n) is 5.47. The van der Waals surface area contributed by atoms with Crippen LogP contribution in [-0.2, 0) is 0 Å². The van der Waals surface area contributed by atoms with Crippen molar-refractivity contribution in [2.75, 3.05) is 13.1 Å². The van der Waals surface area contributed by atoms with Crippen LogP contribution in [-0.4, -0.2) is 23.3 Å². The monoisotopic (exact) mass is 300 g/mol. The number of nitrogens with one attached hydrogen (secondary N) is 2. The molecule has 0 saturated heterocycles. The van der Waals surface area contributed by atoms with Crippen LogP contribution in [0.1, 0.15) is 37.1 Å². The predicted octanol–water partition coefficient (Wildman–Crippen LogP) is 3.10. The summed E-state index contributed by atoms with van der Waals surface area (Å²) in [6.45, 7) is 5.60. The third-order valence-electron chi connectivity index (χ3n) is 3.83. The minimum atomic E-state index is 0.0865. The summed E-state index contributed by atoms with van der Waals surface area (Å²) in [7, 11) is 0. The highest BCUT2D eigenvalue weighted by atomic mass is 16.3. The van der Waals surface area contributed by atoms with Crippen LogP contribution in [0.2, 0.25) is 0 Å². The van der Waals surface area contributed by atoms with E-state index < -0.39 is 0 Å². The zero-order chi connectivity index (χ0) is 15.9. The molecule has 2 atom stereocenters. The molecule has 2 rings (SSSR count). The van der Waals surface area contributed by atoms with Gasteiger partial charge in [0.15, 0.2) is 0 Å². The Hall–Kier alpha value is -2.04. The van der Waals surface area contributed by atoms with Gasteiger partial charge in [-0.15, -0.1) is 0 Å². The number of hydrogen-bond donors (Lipinski definition) is 4. The quantitative estimate of drug-likeness (QED) is 0.593. The van der Waals surface area contributed by atoms with Gasteiger partial charge in [0.05, 0.1) is 0 Å². The van der Waals surface area contributed by atoms with Crippen LogP contribution >= 0.6 is 0 Å². The van der Waals surface area contributed by atoms with Crippen LogP contribution in [0.3, 0.4) is 0 Å². The Morgan fingerprint density at radius 2 is 1.09 bits per heavy atom. The summed E-state index contributed by atoms with van der Waals surface area (Å²) in [6.07, 6.45) is 0. The summed E-state index contributed by atoms with van der Waals surface area (Å²) < 4.78 is 0. The van der Waals surface area contributed by atoms with Crippen molar-refractivity contribution in [2.45, 2.75) is 25.9 Å². The molecule has 4 heteroatoms. The maximum atomic E-state index is 9.82. The van der Waals surface area contributed by atoms with Gasteiger partial charge in [0.25, 0.3) is 0 Å². The zero-order valence-corrected chi connectivity index (χ0v) is 13.1. The molecule has 0 fully saturated rings. The van der Waals surface area contributed by atoms with Crippen molar-refractivity contribution in [3.05, 3.63) is 59.7 Å². The molecule has 2 aromatic rings. The fourth-order valence-corrected chi connectivity index (χ4v) is 2.50. The molecule has 0 aliphatic rings. The van der Waals surface area contributed by atoms with E-state index in [-0.39, 0.29) is 12.1 Å². The average molecular weight is 300 g/mol. The van der Waals surface area contributed by atoms with Crippen molar-refractivity contribution >= 4 is 0 Å². The van der Waals surface area contributed by atoms with Gasteiger partial charge in [-0.3, -0.25) is 0 Å². The van der Waals surface area contributed by atoms with Crippen molar-refractivity contribution in [2.24, 2.45) is 0 Å². The highest BCUT2D eigenvalue weighted by Gasteiger charge is 2.10. The van der Waals surface area contributed by atoms with Gasteiger partial charge in [-0.05, 0) is 26.0 Å². The first kappa shape index (κ1) is 16.3. The normalized spacial score (nSPS) is 13.7. The number of phenolic OH excluding ortho intramolecular Hbond substituents is 2. The Labute approximate surface area is 131 Å². The smallest absolute Gasteiger partial charge is 0.120 e. The van der Waals surface area contributed by atoms with Gasteiger partial charge in [-0.1, -0.05) is 36.4 Å². The SMILES string of the molecule is CC(NCCNC(C)c1ccccc1O)c1ccccc1O. The molecule has 2 unspecified atom stereocenters. The number of rotatable bonds is 7. The summed E-state index contributed by atoms with van der Waals surface area (Å²) >= 11 is 0. The van der Waals surface area contributed by atoms with Crippen LogP contribution in [0.25, 0.3) is 0 Å². The molecule has 2 aromatic carbocycles. The van der Waals surface area contributed by atoms with Crippen molar-refractivity contribution in [1.82, 2.24) is 10.6 Å². The fourth-order valence-electron chi connectivity index (χ4n) is 2.50. The van der Waals surface area contributed by atoms with E-state index in [9.17, 15) is 10.2 Å². The Kier molecular flexibility index (Phi) is 5.81. The standard InChI is InChI=1S/C18H24N2O2/c1-13(15-7-3-5-9-17(15)21)19-11-12-20-14(2)16-8-4-6-10-18(16)22/h3-10,13-14,19-22H,11-12H2,1-2H3. The van der Waals surface area contributed by atoms with Crippen LogP contribution < -0.4 is 10.6 Å². The van der Waals surface area contributed by atoms with Gasteiger partial charge in [-0.2, -0.15) is 0 Å². The van der Waals surface area contributed by atoms with Gasteiger partial charge in [0, 0.05) is 36.3 Å². The number of benzene rings is 2. The summed E-state index contributed by atoms with van der Waals surface area (Å²) in [5, 5.41) is 26.4. The van der Waals surface area contributed by atoms with Crippen LogP contribution in [0.5, 0.6) is 11.5 Å². The Morgan fingerprint density at radius 1 is 0.727 bits per heavy atom. The number of hydrogen-bond acceptors (Lipinski definition) is 4. The first-order chi connectivity index (χ1) is 10.6. The minimum absolute atomic E-state index is 0.0865. The number of phenols is 2. The topological polar surface area (TPSA) is 64.5 Å². The number of aromatic hydroxyl groups is 2. The molecular formula is C18H24N2O2. The lowest BCUT2D eigenvalue weighted by Gasteiger charge is -2.18. The van der Waals surface area contributed by atoms with E-state index in [0.29, 0.717) is 11.5 Å². The molecule has 0 radical (unpaired) electrons. The predicted molar refractivity (Wildman–Crippen MR) is 89.0 cm³/mol. The van der Waals surface area contributed by atoms with E-state index in [4.69, 9.17) is 0 Å². The first-order valence-electron chi connectivity index (χ1n) is 7.62. The summed E-state index contributed by atoms with van der Waals surface area (Å²) in [5.74, 6) is 0.635. The maximum Gasteiger partial charge on any atom is 0.120 e. The second-order valence-corrected chi connectivity index (χ2v) is 5.47. The van der Waals surface area contributed by atoms with Crippen molar-refractivity contribution in [3.8, 4) is 11.5 Å². The van der Waals surface area contributed by atoms with Crippen LogP contribution in [0, 0.1) is 0 Å². The number of para-hydroxylation sites is 2. The molecule has 22 heavy (non-hydrogen) atoms. The minimum Gasteiger partial charge on any atom is -0.508 e. The zero-order valence-electron chi connectivity index (χ0n) is 13.1. The van der Waals surface area contributed by atoms with E-state index in [1.54, 1.807) is 12.1 Å². The largest absolute Gasteiger partial charge is 0.508 e. The van der Waals surface area contributed by atoms with Gasteiger partial charge >= 0.3 is 0 Å². The van der Waals surface area contributed by atoms with Crippen LogP contribution in [0.4, 0.5) is 0 Å². The lowest BCUT2D eigenvalue weighted by molar-refractivity contribution is 0.441. The molecule has 4 N–H and O–H groups in total. The third-order valence-corrected chi connectivity index (χ3v) is 3.83. The Morgan fingerprint density at radius 3 is 1.45 bits per heavy atom. The molecule has 0 bridgehead atoms. The lowest BCUT2D eigenvalue weighted by atomic mass is 10.1. The molecule has 0 aliphatic heterocycles. The highest BCUT2D eigenvalue weighted by Crippen LogP contribution is 2.23. The van der Waals surface area contributed by atoms with E-state index in [1.165, 1.54) is 0 Å². The van der Waals surface area contributed by atoms with E-state index in [0.717, 1.165) is 24.2 Å². The van der Waals surface area contributed by atoms with Crippen molar-refractivity contribution in [1.29, 1.82) is 0 Å². The molecular weight excluding hydrogens is 276 g/mol. The van der Waals surface area contributed by atoms with Crippen LogP contribution in [0.15, 0.2) is 48.5 Å². The average Bonchev–Trinajstić information content (AvgIpc) is 2.52. The van der Waals surface area contributed by atoms with E-state index in [2.05, 4.69) is 10.6 Å². The van der Waals surface area contributed by atoms with Gasteiger partial charge in [0.2, 0.25) is 0 Å². The molecule has 0 aromatic heterocycles. The molecule has 4 nitrogen and oxygen atoms in total. The molecule has 0 heterocycles. The van der Waals surface area contributed by atoms with Gasteiger partial charge in [0.1, 0.15) is 11.5 Å². The second kappa shape index (κ2) is 7.82. The summed E-state index contributed by atoms with van der Waals surface area (Å²) in [6, 6.07) is 14.9. The van der Waals surface area contributed by atoms with E-state index >= 15 is 0 Å². The highest BCUT2D eigenvalue weighted by molar-refractivity contribution is 5.34. The van der Waals surface area contributed by atoms with Gasteiger partial charge in [-0.25, -0.2) is 0 Å². The van der Waals surface area contributed by atoms with Gasteiger partial charge < -0.3 is 20.8 Å². The fraction of sp³-hybridized carbons (Fsp3) is 0.333. The summed E-state index contributed by atoms with van der Waals surface area (Å²) in [5.41, 5.74) is 1.80. The molecule has 0 amide bonds. The Balaban J connectivity index is 1.78. The van der Waals surface area contributed by atoms with Crippen molar-refractivity contribution < 1.29 is 10.2 Å². The molecule has 0 spiro atoms. The molecule has 118 valence electrons.